The van der Waals surface area contributed by atoms with E-state index in [1.165, 1.54) is 11.8 Å². The smallest absolute Gasteiger partial charge is 0.321 e. The number of ether oxygens (including phenoxy) is 2. The molecule has 0 unspecified atom stereocenters. The minimum atomic E-state index is 0.0170. The van der Waals surface area contributed by atoms with Gasteiger partial charge in [0.25, 0.3) is 0 Å². The quantitative estimate of drug-likeness (QED) is 0.824. The second-order valence-corrected chi connectivity index (χ2v) is 5.22. The van der Waals surface area contributed by atoms with Crippen LogP contribution in [0.5, 0.6) is 6.01 Å². The highest BCUT2D eigenvalue weighted by atomic mass is 35.5. The summed E-state index contributed by atoms with van der Waals surface area (Å²) >= 11 is 7.33. The molecule has 1 saturated heterocycles. The van der Waals surface area contributed by atoms with Gasteiger partial charge in [0.05, 0.1) is 24.6 Å². The number of aromatic nitrogens is 3. The van der Waals surface area contributed by atoms with Crippen molar-refractivity contribution in [3.63, 3.8) is 0 Å². The minimum Gasteiger partial charge on any atom is -0.461 e. The standard InChI is InChI=1S/C9H12ClN3O2S/c1-5(2)15-8-11-7(10)12-9(13-8)16-6-3-14-4-6/h5-6H,3-4H2,1-2H3. The average molecular weight is 262 g/mol. The van der Waals surface area contributed by atoms with Crippen LogP contribution >= 0.6 is 23.4 Å². The second kappa shape index (κ2) is 5.16. The molecule has 0 spiro atoms. The van der Waals surface area contributed by atoms with Crippen LogP contribution in [0.25, 0.3) is 0 Å². The molecule has 1 aromatic rings. The lowest BCUT2D eigenvalue weighted by molar-refractivity contribution is 0.0454. The number of rotatable bonds is 4. The first kappa shape index (κ1) is 11.9. The predicted octanol–water partition coefficient (Wildman–Crippen LogP) is 1.80. The summed E-state index contributed by atoms with van der Waals surface area (Å²) in [5.74, 6) is 0. The maximum absolute atomic E-state index is 5.79. The normalized spacial score (nSPS) is 16.2. The van der Waals surface area contributed by atoms with E-state index in [0.29, 0.717) is 10.4 Å². The lowest BCUT2D eigenvalue weighted by atomic mass is 10.4. The van der Waals surface area contributed by atoms with Crippen LogP contribution in [0, 0.1) is 0 Å². The molecule has 1 aliphatic heterocycles. The summed E-state index contributed by atoms with van der Waals surface area (Å²) in [6.07, 6.45) is 0.0170. The molecule has 0 atom stereocenters. The molecule has 0 saturated carbocycles. The Balaban J connectivity index is 2.08. The van der Waals surface area contributed by atoms with Crippen LogP contribution in [0.2, 0.25) is 5.28 Å². The zero-order valence-corrected chi connectivity index (χ0v) is 10.6. The Bertz CT molecular complexity index is 374. The van der Waals surface area contributed by atoms with Gasteiger partial charge >= 0.3 is 6.01 Å². The van der Waals surface area contributed by atoms with E-state index in [-0.39, 0.29) is 17.4 Å². The van der Waals surface area contributed by atoms with Gasteiger partial charge in [-0.3, -0.25) is 0 Å². The van der Waals surface area contributed by atoms with E-state index in [0.717, 1.165) is 13.2 Å². The molecule has 1 aromatic heterocycles. The molecule has 88 valence electrons. The SMILES string of the molecule is CC(C)Oc1nc(Cl)nc(SC2COC2)n1. The highest BCUT2D eigenvalue weighted by Crippen LogP contribution is 2.26. The van der Waals surface area contributed by atoms with Gasteiger partial charge in [-0.15, -0.1) is 0 Å². The zero-order chi connectivity index (χ0) is 11.5. The molecule has 1 aliphatic rings. The molecular weight excluding hydrogens is 250 g/mol. The molecule has 5 nitrogen and oxygen atoms in total. The van der Waals surface area contributed by atoms with E-state index in [2.05, 4.69) is 15.0 Å². The molecule has 0 amide bonds. The largest absolute Gasteiger partial charge is 0.461 e. The van der Waals surface area contributed by atoms with E-state index < -0.39 is 0 Å². The fourth-order valence-corrected chi connectivity index (χ4v) is 2.16. The summed E-state index contributed by atoms with van der Waals surface area (Å²) in [4.78, 5) is 12.1. The number of nitrogens with zero attached hydrogens (tertiary/aromatic N) is 3. The van der Waals surface area contributed by atoms with Crippen molar-refractivity contribution in [3.8, 4) is 6.01 Å². The lowest BCUT2D eigenvalue weighted by Gasteiger charge is -2.24. The molecule has 0 radical (unpaired) electrons. The average Bonchev–Trinajstić information content (AvgIpc) is 2.09. The van der Waals surface area contributed by atoms with Crippen molar-refractivity contribution in [2.75, 3.05) is 13.2 Å². The Labute approximate surface area is 103 Å². The van der Waals surface area contributed by atoms with Crippen LogP contribution < -0.4 is 4.74 Å². The van der Waals surface area contributed by atoms with Gasteiger partial charge < -0.3 is 9.47 Å². The second-order valence-electron chi connectivity index (χ2n) is 3.61. The van der Waals surface area contributed by atoms with Crippen molar-refractivity contribution in [2.45, 2.75) is 30.4 Å². The highest BCUT2D eigenvalue weighted by molar-refractivity contribution is 7.99. The molecule has 0 aliphatic carbocycles. The van der Waals surface area contributed by atoms with Gasteiger partial charge in [0.2, 0.25) is 5.28 Å². The molecular formula is C9H12ClN3O2S. The first-order valence-electron chi connectivity index (χ1n) is 4.96. The lowest BCUT2D eigenvalue weighted by Crippen LogP contribution is -2.30. The molecule has 0 bridgehead atoms. The summed E-state index contributed by atoms with van der Waals surface area (Å²) < 4.78 is 10.5. The topological polar surface area (TPSA) is 57.1 Å². The minimum absolute atomic E-state index is 0.0170. The van der Waals surface area contributed by atoms with Crippen LogP contribution in [-0.2, 0) is 4.74 Å². The Morgan fingerprint density at radius 3 is 2.69 bits per heavy atom. The van der Waals surface area contributed by atoms with E-state index in [1.54, 1.807) is 0 Å². The summed E-state index contributed by atoms with van der Waals surface area (Å²) in [6.45, 7) is 5.28. The number of hydrogen-bond acceptors (Lipinski definition) is 6. The predicted molar refractivity (Wildman–Crippen MR) is 61.1 cm³/mol. The van der Waals surface area contributed by atoms with E-state index in [4.69, 9.17) is 21.1 Å². The third-order valence-corrected chi connectivity index (χ3v) is 2.96. The van der Waals surface area contributed by atoms with Gasteiger partial charge in [-0.1, -0.05) is 11.8 Å². The maximum atomic E-state index is 5.79. The van der Waals surface area contributed by atoms with Crippen LogP contribution in [0.4, 0.5) is 0 Å². The monoisotopic (exact) mass is 261 g/mol. The Morgan fingerprint density at radius 1 is 1.38 bits per heavy atom. The Kier molecular flexibility index (Phi) is 3.83. The molecule has 2 rings (SSSR count). The van der Waals surface area contributed by atoms with Crippen molar-refractivity contribution >= 4 is 23.4 Å². The Morgan fingerprint density at radius 2 is 2.12 bits per heavy atom. The third-order valence-electron chi connectivity index (χ3n) is 1.79. The van der Waals surface area contributed by atoms with Gasteiger partial charge in [0.15, 0.2) is 5.16 Å². The third kappa shape index (κ3) is 3.20. The van der Waals surface area contributed by atoms with Crippen LogP contribution in [0.3, 0.4) is 0 Å². The number of halogens is 1. The van der Waals surface area contributed by atoms with Crippen molar-refractivity contribution in [2.24, 2.45) is 0 Å². The van der Waals surface area contributed by atoms with Crippen molar-refractivity contribution in [3.05, 3.63) is 5.28 Å². The van der Waals surface area contributed by atoms with Crippen LogP contribution in [0.15, 0.2) is 5.16 Å². The van der Waals surface area contributed by atoms with Gasteiger partial charge in [-0.2, -0.15) is 15.0 Å². The number of hydrogen-bond donors (Lipinski definition) is 0. The Hall–Kier alpha value is -0.590. The van der Waals surface area contributed by atoms with E-state index in [9.17, 15) is 0 Å². The van der Waals surface area contributed by atoms with Crippen molar-refractivity contribution in [1.29, 1.82) is 0 Å². The summed E-state index contributed by atoms with van der Waals surface area (Å²) in [5, 5.41) is 1.16. The maximum Gasteiger partial charge on any atom is 0.321 e. The molecule has 0 aromatic carbocycles. The van der Waals surface area contributed by atoms with E-state index in [1.807, 2.05) is 13.8 Å². The van der Waals surface area contributed by atoms with Gasteiger partial charge in [0.1, 0.15) is 0 Å². The number of thioether (sulfide) groups is 1. The fourth-order valence-electron chi connectivity index (χ4n) is 1.06. The van der Waals surface area contributed by atoms with Crippen molar-refractivity contribution < 1.29 is 9.47 Å². The van der Waals surface area contributed by atoms with Gasteiger partial charge in [-0.05, 0) is 25.4 Å². The summed E-state index contributed by atoms with van der Waals surface area (Å²) in [7, 11) is 0. The highest BCUT2D eigenvalue weighted by Gasteiger charge is 2.22. The van der Waals surface area contributed by atoms with E-state index >= 15 is 0 Å². The summed E-state index contributed by atoms with van der Waals surface area (Å²) in [5.41, 5.74) is 0. The van der Waals surface area contributed by atoms with Gasteiger partial charge in [0, 0.05) is 0 Å². The van der Waals surface area contributed by atoms with Crippen LogP contribution in [-0.4, -0.2) is 39.5 Å². The molecule has 2 heterocycles. The molecule has 7 heteroatoms. The first-order chi connectivity index (χ1) is 7.63. The van der Waals surface area contributed by atoms with Crippen LogP contribution in [0.1, 0.15) is 13.8 Å². The van der Waals surface area contributed by atoms with Crippen molar-refractivity contribution in [1.82, 2.24) is 15.0 Å². The fraction of sp³-hybridized carbons (Fsp3) is 0.667. The summed E-state index contributed by atoms with van der Waals surface area (Å²) in [6, 6.07) is 0.276. The molecule has 16 heavy (non-hydrogen) atoms. The zero-order valence-electron chi connectivity index (χ0n) is 9.01. The molecule has 1 fully saturated rings. The van der Waals surface area contributed by atoms with Gasteiger partial charge in [-0.25, -0.2) is 0 Å². The first-order valence-corrected chi connectivity index (χ1v) is 6.22. The molecule has 0 N–H and O–H groups in total.